The molecule has 1 aromatic carbocycles. The Balaban J connectivity index is 0.799. The van der Waals surface area contributed by atoms with Gasteiger partial charge >= 0.3 is 0 Å². The highest BCUT2D eigenvalue weighted by Crippen LogP contribution is 2.33. The van der Waals surface area contributed by atoms with E-state index in [-0.39, 0.29) is 11.9 Å². The predicted octanol–water partition coefficient (Wildman–Crippen LogP) is 8.80. The molecule has 6 heterocycles. The Kier molecular flexibility index (Phi) is 12.4. The molecule has 0 saturated carbocycles. The number of rotatable bonds is 15. The van der Waals surface area contributed by atoms with E-state index in [2.05, 4.69) is 50.6 Å². The topological polar surface area (TPSA) is 97.5 Å². The second-order valence-electron chi connectivity index (χ2n) is 14.8. The normalized spacial score (nSPS) is 17.1. The number of aryl methyl sites for hydroxylation is 2. The number of unbranched alkanes of at least 4 members (excludes halogenated alkanes) is 1. The van der Waals surface area contributed by atoms with Gasteiger partial charge in [-0.3, -0.25) is 0 Å². The summed E-state index contributed by atoms with van der Waals surface area (Å²) in [6.07, 6.45) is 23.1. The third-order valence-corrected chi connectivity index (χ3v) is 12.7. The van der Waals surface area contributed by atoms with Crippen molar-refractivity contribution in [1.29, 1.82) is 0 Å². The predicted molar refractivity (Wildman–Crippen MR) is 213 cm³/mol. The molecule has 2 aliphatic rings. The summed E-state index contributed by atoms with van der Waals surface area (Å²) < 4.78 is 22.6. The van der Waals surface area contributed by atoms with Gasteiger partial charge in [0.25, 0.3) is 5.19 Å². The Morgan fingerprint density at radius 3 is 2.08 bits per heavy atom. The van der Waals surface area contributed by atoms with Crippen molar-refractivity contribution in [2.75, 3.05) is 42.2 Å². The summed E-state index contributed by atoms with van der Waals surface area (Å²) in [7, 11) is 0. The van der Waals surface area contributed by atoms with Crippen LogP contribution in [0.5, 0.6) is 5.19 Å². The van der Waals surface area contributed by atoms with Gasteiger partial charge in [-0.25, -0.2) is 33.8 Å². The highest BCUT2D eigenvalue weighted by molar-refractivity contribution is 7.98. The van der Waals surface area contributed by atoms with E-state index in [0.29, 0.717) is 27.3 Å². The summed E-state index contributed by atoms with van der Waals surface area (Å²) >= 11 is 2.90. The lowest BCUT2D eigenvalue weighted by atomic mass is 9.82. The maximum atomic E-state index is 14.6. The minimum Gasteiger partial charge on any atom is -0.466 e. The molecule has 0 radical (unpaired) electrons. The van der Waals surface area contributed by atoms with Gasteiger partial charge in [-0.2, -0.15) is 0 Å². The summed E-state index contributed by atoms with van der Waals surface area (Å²) in [5, 5.41) is 5.17. The molecule has 0 spiro atoms. The van der Waals surface area contributed by atoms with Crippen LogP contribution in [0.3, 0.4) is 0 Å². The fourth-order valence-electron chi connectivity index (χ4n) is 7.78. The first kappa shape index (κ1) is 37.5. The molecule has 5 aromatic rings. The lowest BCUT2D eigenvalue weighted by molar-refractivity contribution is 0.131. The molecule has 2 aliphatic heterocycles. The number of thioether (sulfide) groups is 1. The molecule has 10 nitrogen and oxygen atoms in total. The van der Waals surface area contributed by atoms with Gasteiger partial charge in [0.05, 0.1) is 11.9 Å². The van der Waals surface area contributed by atoms with Gasteiger partial charge in [0.1, 0.15) is 11.9 Å². The van der Waals surface area contributed by atoms with Gasteiger partial charge in [-0.1, -0.05) is 33.1 Å². The number of benzene rings is 1. The second-order valence-corrected chi connectivity index (χ2v) is 16.6. The van der Waals surface area contributed by atoms with E-state index in [1.54, 1.807) is 22.8 Å². The number of aromatic nitrogens is 7. The molecular formula is C40H52FN9OS2. The zero-order chi connectivity index (χ0) is 36.7. The molecule has 0 amide bonds. The van der Waals surface area contributed by atoms with Crippen LogP contribution in [0.2, 0.25) is 0 Å². The molecule has 2 saturated heterocycles. The maximum Gasteiger partial charge on any atom is 0.294 e. The van der Waals surface area contributed by atoms with Crippen molar-refractivity contribution in [3.8, 4) is 16.5 Å². The van der Waals surface area contributed by atoms with E-state index in [0.717, 1.165) is 86.9 Å². The fourth-order valence-corrected chi connectivity index (χ4v) is 9.02. The summed E-state index contributed by atoms with van der Waals surface area (Å²) in [4.78, 5) is 29.6. The number of anilines is 2. The first-order valence-electron chi connectivity index (χ1n) is 19.3. The average Bonchev–Trinajstić information content (AvgIpc) is 3.76. The minimum absolute atomic E-state index is 0.0191. The third kappa shape index (κ3) is 9.28. The Labute approximate surface area is 321 Å². The number of imidazole rings is 1. The standard InChI is InChI=1S/C40H52FN9OS2/c1-5-8-29-22-42-37(43-23-29)48-17-13-31(14-18-48)27(2)9-6-7-10-30-24-44-38(45-25-30)49-19-15-32(16-20-49)28(3)51-40-47-50-26-36(46-39(50)53-40)34-12-11-33(52-4)21-35(34)41/h11-12,21-28,31-32H,5-10,13-20H2,1-4H3. The molecule has 2 fully saturated rings. The van der Waals surface area contributed by atoms with Crippen molar-refractivity contribution in [3.63, 3.8) is 0 Å². The summed E-state index contributed by atoms with van der Waals surface area (Å²) in [6, 6.07) is 5.23. The van der Waals surface area contributed by atoms with Crippen molar-refractivity contribution in [1.82, 2.24) is 34.5 Å². The van der Waals surface area contributed by atoms with Gasteiger partial charge in [0.15, 0.2) is 0 Å². The molecule has 2 unspecified atom stereocenters. The van der Waals surface area contributed by atoms with E-state index in [1.165, 1.54) is 66.3 Å². The van der Waals surface area contributed by atoms with Crippen LogP contribution in [-0.4, -0.2) is 73.1 Å². The Bertz CT molecular complexity index is 1870. The SMILES string of the molecule is CCCc1cnc(N2CCC(C(C)CCCCc3cnc(N4CCC(C(C)Oc5nn6cc(-c7ccc(SC)cc7F)nc6s5)CC4)nc3)CC2)nc1. The van der Waals surface area contributed by atoms with Crippen molar-refractivity contribution >= 4 is 40.0 Å². The van der Waals surface area contributed by atoms with Crippen LogP contribution in [0.15, 0.2) is 54.1 Å². The smallest absolute Gasteiger partial charge is 0.294 e. The largest absolute Gasteiger partial charge is 0.466 e. The van der Waals surface area contributed by atoms with Crippen molar-refractivity contribution in [2.24, 2.45) is 17.8 Å². The Hall–Kier alpha value is -3.84. The van der Waals surface area contributed by atoms with Gasteiger partial charge in [0.2, 0.25) is 16.9 Å². The highest BCUT2D eigenvalue weighted by atomic mass is 32.2. The van der Waals surface area contributed by atoms with E-state index < -0.39 is 0 Å². The lowest BCUT2D eigenvalue weighted by Crippen LogP contribution is -2.39. The summed E-state index contributed by atoms with van der Waals surface area (Å²) in [6.45, 7) is 10.7. The maximum absolute atomic E-state index is 14.6. The zero-order valence-electron chi connectivity index (χ0n) is 31.5. The summed E-state index contributed by atoms with van der Waals surface area (Å²) in [5.41, 5.74) is 3.50. The van der Waals surface area contributed by atoms with E-state index >= 15 is 0 Å². The molecular weight excluding hydrogens is 706 g/mol. The van der Waals surface area contributed by atoms with Crippen LogP contribution in [0.1, 0.15) is 83.3 Å². The Morgan fingerprint density at radius 2 is 1.49 bits per heavy atom. The molecule has 4 aromatic heterocycles. The van der Waals surface area contributed by atoms with Gasteiger partial charge in [-0.05, 0) is 117 Å². The fraction of sp³-hybridized carbons (Fsp3) is 0.550. The first-order valence-corrected chi connectivity index (χ1v) is 21.4. The number of halogens is 1. The van der Waals surface area contributed by atoms with Crippen LogP contribution >= 0.6 is 23.1 Å². The molecule has 0 bridgehead atoms. The van der Waals surface area contributed by atoms with Gasteiger partial charge < -0.3 is 14.5 Å². The molecule has 0 aliphatic carbocycles. The van der Waals surface area contributed by atoms with Gasteiger partial charge in [-0.15, -0.1) is 16.9 Å². The van der Waals surface area contributed by atoms with Crippen molar-refractivity contribution < 1.29 is 9.13 Å². The second kappa shape index (κ2) is 17.5. The molecule has 0 N–H and O–H groups in total. The average molecular weight is 758 g/mol. The van der Waals surface area contributed by atoms with E-state index in [4.69, 9.17) is 14.7 Å². The molecule has 7 rings (SSSR count). The zero-order valence-corrected chi connectivity index (χ0v) is 33.1. The number of piperidine rings is 2. The molecule has 2 atom stereocenters. The monoisotopic (exact) mass is 757 g/mol. The molecule has 13 heteroatoms. The van der Waals surface area contributed by atoms with E-state index in [9.17, 15) is 4.39 Å². The lowest BCUT2D eigenvalue weighted by Gasteiger charge is -2.35. The Morgan fingerprint density at radius 1 is 0.868 bits per heavy atom. The number of hydrogen-bond acceptors (Lipinski definition) is 11. The number of fused-ring (bicyclic) bond motifs is 1. The van der Waals surface area contributed by atoms with Crippen LogP contribution in [0, 0.1) is 23.6 Å². The van der Waals surface area contributed by atoms with Crippen LogP contribution in [0.25, 0.3) is 16.2 Å². The van der Waals surface area contributed by atoms with Crippen LogP contribution in [0.4, 0.5) is 16.3 Å². The number of nitrogens with zero attached hydrogens (tertiary/aromatic N) is 9. The molecule has 53 heavy (non-hydrogen) atoms. The van der Waals surface area contributed by atoms with Crippen LogP contribution < -0.4 is 14.5 Å². The van der Waals surface area contributed by atoms with Crippen molar-refractivity contribution in [3.05, 3.63) is 66.1 Å². The number of ether oxygens (including phenoxy) is 1. The third-order valence-electron chi connectivity index (χ3n) is 11.2. The highest BCUT2D eigenvalue weighted by Gasteiger charge is 2.28. The van der Waals surface area contributed by atoms with E-state index in [1.807, 2.05) is 37.1 Å². The summed E-state index contributed by atoms with van der Waals surface area (Å²) in [5.74, 6) is 3.36. The number of hydrogen-bond donors (Lipinski definition) is 0. The van der Waals surface area contributed by atoms with Crippen LogP contribution in [-0.2, 0) is 12.8 Å². The van der Waals surface area contributed by atoms with Crippen molar-refractivity contribution in [2.45, 2.75) is 96.0 Å². The quantitative estimate of drug-likeness (QED) is 0.0762. The molecule has 282 valence electrons. The minimum atomic E-state index is -0.278. The first-order chi connectivity index (χ1) is 25.9. The van der Waals surface area contributed by atoms with Gasteiger partial charge in [0, 0.05) is 61.4 Å².